The maximum Gasteiger partial charge on any atom is 0.309 e. The summed E-state index contributed by atoms with van der Waals surface area (Å²) in [5.41, 5.74) is -0.175. The Morgan fingerprint density at radius 1 is 1.17 bits per heavy atom. The van der Waals surface area contributed by atoms with E-state index in [1.807, 2.05) is 0 Å². The van der Waals surface area contributed by atoms with Gasteiger partial charge in [-0.05, 0) is 50.5 Å². The first-order valence-corrected chi connectivity index (χ1v) is 11.4. The first kappa shape index (κ1) is 19.0. The summed E-state index contributed by atoms with van der Waals surface area (Å²) in [7, 11) is 1.45. The van der Waals surface area contributed by atoms with Gasteiger partial charge in [-0.15, -0.1) is 0 Å². The second kappa shape index (κ2) is 5.56. The molecule has 2 heterocycles. The van der Waals surface area contributed by atoms with Crippen LogP contribution in [0.25, 0.3) is 0 Å². The number of esters is 2. The topological polar surface area (TPSA) is 82.2 Å². The molecule has 2 spiro atoms. The molecule has 2 saturated heterocycles. The van der Waals surface area contributed by atoms with Gasteiger partial charge >= 0.3 is 11.9 Å². The Labute approximate surface area is 176 Å². The van der Waals surface area contributed by atoms with Crippen molar-refractivity contribution in [2.24, 2.45) is 28.6 Å². The van der Waals surface area contributed by atoms with Crippen molar-refractivity contribution in [3.05, 3.63) is 11.6 Å². The molecular formula is C24H30O6. The molecule has 0 unspecified atom stereocenters. The lowest BCUT2D eigenvalue weighted by Crippen LogP contribution is -2.63. The summed E-state index contributed by atoms with van der Waals surface area (Å²) in [6.45, 7) is 4.51. The van der Waals surface area contributed by atoms with Crippen LogP contribution in [0, 0.1) is 28.6 Å². The fraction of sp³-hybridized carbons (Fsp3) is 0.792. The highest BCUT2D eigenvalue weighted by Crippen LogP contribution is 2.78. The molecule has 4 aliphatic carbocycles. The Hall–Kier alpha value is -1.69. The lowest BCUT2D eigenvalue weighted by molar-refractivity contribution is -0.172. The number of hydrogen-bond donors (Lipinski definition) is 0. The van der Waals surface area contributed by atoms with E-state index in [0.29, 0.717) is 19.3 Å². The van der Waals surface area contributed by atoms with E-state index in [1.54, 1.807) is 6.08 Å². The predicted molar refractivity (Wildman–Crippen MR) is 105 cm³/mol. The zero-order valence-corrected chi connectivity index (χ0v) is 18.0. The summed E-state index contributed by atoms with van der Waals surface area (Å²) < 4.78 is 17.9. The number of hydrogen-bond acceptors (Lipinski definition) is 6. The molecule has 0 bridgehead atoms. The molecular weight excluding hydrogens is 384 g/mol. The van der Waals surface area contributed by atoms with E-state index in [9.17, 15) is 14.4 Å². The highest BCUT2D eigenvalue weighted by atomic mass is 16.6. The minimum absolute atomic E-state index is 0.0303. The largest absolute Gasteiger partial charge is 0.469 e. The molecule has 6 aliphatic rings. The van der Waals surface area contributed by atoms with E-state index < -0.39 is 11.2 Å². The van der Waals surface area contributed by atoms with E-state index >= 15 is 0 Å². The molecule has 0 N–H and O–H groups in total. The molecule has 0 aromatic rings. The summed E-state index contributed by atoms with van der Waals surface area (Å²) >= 11 is 0. The number of methoxy groups -OCH3 is 1. The minimum Gasteiger partial charge on any atom is -0.469 e. The van der Waals surface area contributed by atoms with E-state index in [1.165, 1.54) is 7.11 Å². The molecule has 162 valence electrons. The van der Waals surface area contributed by atoms with Crippen LogP contribution in [0.3, 0.4) is 0 Å². The van der Waals surface area contributed by atoms with E-state index in [2.05, 4.69) is 13.8 Å². The van der Waals surface area contributed by atoms with Crippen LogP contribution >= 0.6 is 0 Å². The third kappa shape index (κ3) is 1.94. The monoisotopic (exact) mass is 414 g/mol. The molecule has 3 saturated carbocycles. The van der Waals surface area contributed by atoms with E-state index in [-0.39, 0.29) is 52.4 Å². The maximum atomic E-state index is 13.0. The highest BCUT2D eigenvalue weighted by Gasteiger charge is 2.83. The smallest absolute Gasteiger partial charge is 0.309 e. The molecule has 8 atom stereocenters. The van der Waals surface area contributed by atoms with Crippen LogP contribution in [-0.2, 0) is 28.6 Å². The Kier molecular flexibility index (Phi) is 3.53. The second-order valence-corrected chi connectivity index (χ2v) is 11.0. The summed E-state index contributed by atoms with van der Waals surface area (Å²) in [6, 6.07) is 0. The number of carbonyl (C=O) groups excluding carboxylic acids is 3. The van der Waals surface area contributed by atoms with Crippen LogP contribution in [0.2, 0.25) is 0 Å². The zero-order chi connectivity index (χ0) is 21.1. The molecule has 2 aliphatic heterocycles. The first-order chi connectivity index (χ1) is 14.2. The van der Waals surface area contributed by atoms with Gasteiger partial charge in [0.2, 0.25) is 0 Å². The molecule has 30 heavy (non-hydrogen) atoms. The summed E-state index contributed by atoms with van der Waals surface area (Å²) in [6.07, 6.45) is 7.61. The van der Waals surface area contributed by atoms with Crippen LogP contribution in [0.1, 0.15) is 65.2 Å². The average Bonchev–Trinajstić information content (AvgIpc) is 3.20. The number of rotatable bonds is 1. The van der Waals surface area contributed by atoms with E-state index in [0.717, 1.165) is 37.7 Å². The lowest BCUT2D eigenvalue weighted by atomic mass is 9.43. The fourth-order valence-electron chi connectivity index (χ4n) is 8.69. The quantitative estimate of drug-likeness (QED) is 0.484. The van der Waals surface area contributed by atoms with Crippen molar-refractivity contribution in [1.29, 1.82) is 0 Å². The number of epoxide rings is 1. The Bertz CT molecular complexity index is 907. The highest BCUT2D eigenvalue weighted by molar-refractivity contribution is 5.92. The molecule has 5 fully saturated rings. The van der Waals surface area contributed by atoms with Crippen LogP contribution < -0.4 is 0 Å². The average molecular weight is 414 g/mol. The van der Waals surface area contributed by atoms with Gasteiger partial charge < -0.3 is 14.2 Å². The lowest BCUT2D eigenvalue weighted by Gasteiger charge is -2.58. The molecule has 0 aromatic carbocycles. The molecule has 6 rings (SSSR count). The van der Waals surface area contributed by atoms with Crippen molar-refractivity contribution < 1.29 is 28.6 Å². The second-order valence-electron chi connectivity index (χ2n) is 11.0. The van der Waals surface area contributed by atoms with Crippen molar-refractivity contribution in [3.8, 4) is 0 Å². The summed E-state index contributed by atoms with van der Waals surface area (Å²) in [5, 5.41) is 0. The van der Waals surface area contributed by atoms with E-state index in [4.69, 9.17) is 14.2 Å². The van der Waals surface area contributed by atoms with Crippen LogP contribution in [0.4, 0.5) is 0 Å². The Morgan fingerprint density at radius 2 is 1.97 bits per heavy atom. The van der Waals surface area contributed by atoms with Crippen molar-refractivity contribution in [2.45, 2.75) is 82.5 Å². The standard InChI is InChI=1S/C24H30O6/c1-21-7-4-14(25)10-13(21)11-15(20(27)28-3)19-16-5-8-23(9-6-18(26)30-23)22(16,2)12-17-24(19,21)29-17/h10,15-17,19H,4-9,11-12H2,1-3H3/t15-,16-,17-,19-,21+,22+,23-,24+/m1/s1. The van der Waals surface area contributed by atoms with Gasteiger partial charge in [-0.1, -0.05) is 19.4 Å². The third-order valence-electron chi connectivity index (χ3n) is 10.2. The number of ether oxygens (including phenoxy) is 3. The van der Waals surface area contributed by atoms with Gasteiger partial charge in [0.15, 0.2) is 5.78 Å². The minimum atomic E-state index is -0.424. The van der Waals surface area contributed by atoms with Crippen molar-refractivity contribution in [3.63, 3.8) is 0 Å². The van der Waals surface area contributed by atoms with Crippen LogP contribution in [0.5, 0.6) is 0 Å². The van der Waals surface area contributed by atoms with Crippen LogP contribution in [0.15, 0.2) is 11.6 Å². The van der Waals surface area contributed by atoms with Gasteiger partial charge in [-0.2, -0.15) is 0 Å². The SMILES string of the molecule is COC(=O)[C@@H]1CC2=CC(=O)CC[C@]2(C)[C@]23O[C@@H]2C[C@@]2(C)[C@H](CC[C@@]24CCC(=O)O4)[C@@H]13. The van der Waals surface area contributed by atoms with Crippen molar-refractivity contribution >= 4 is 17.7 Å². The number of fused-ring (bicyclic) bond motifs is 4. The Morgan fingerprint density at radius 3 is 2.67 bits per heavy atom. The van der Waals surface area contributed by atoms with Gasteiger partial charge in [0.25, 0.3) is 0 Å². The predicted octanol–water partition coefficient (Wildman–Crippen LogP) is 3.12. The third-order valence-corrected chi connectivity index (χ3v) is 10.2. The molecule has 6 heteroatoms. The zero-order valence-electron chi connectivity index (χ0n) is 18.0. The van der Waals surface area contributed by atoms with Gasteiger partial charge in [0.05, 0.1) is 19.1 Å². The molecule has 6 nitrogen and oxygen atoms in total. The van der Waals surface area contributed by atoms with Crippen LogP contribution in [-0.4, -0.2) is 42.1 Å². The van der Waals surface area contributed by atoms with Crippen molar-refractivity contribution in [1.82, 2.24) is 0 Å². The maximum absolute atomic E-state index is 13.0. The molecule has 0 amide bonds. The van der Waals surface area contributed by atoms with Gasteiger partial charge in [0.1, 0.15) is 11.2 Å². The Balaban J connectivity index is 1.49. The van der Waals surface area contributed by atoms with Crippen molar-refractivity contribution in [2.75, 3.05) is 7.11 Å². The molecule has 0 aromatic heterocycles. The van der Waals surface area contributed by atoms with Gasteiger partial charge in [-0.25, -0.2) is 0 Å². The number of ketones is 1. The van der Waals surface area contributed by atoms with Gasteiger partial charge in [0, 0.05) is 29.6 Å². The summed E-state index contributed by atoms with van der Waals surface area (Å²) in [4.78, 5) is 37.4. The summed E-state index contributed by atoms with van der Waals surface area (Å²) in [5.74, 6) is -0.201. The normalized spacial score (nSPS) is 53.2. The molecule has 0 radical (unpaired) electrons. The number of carbonyl (C=O) groups is 3. The first-order valence-electron chi connectivity index (χ1n) is 11.4. The van der Waals surface area contributed by atoms with Gasteiger partial charge in [-0.3, -0.25) is 14.4 Å². The fourth-order valence-corrected chi connectivity index (χ4v) is 8.69.